The maximum atomic E-state index is 11.7. The molecule has 114 valence electrons. The van der Waals surface area contributed by atoms with E-state index in [0.717, 1.165) is 6.54 Å². The van der Waals surface area contributed by atoms with E-state index in [0.29, 0.717) is 0 Å². The van der Waals surface area contributed by atoms with Gasteiger partial charge in [-0.05, 0) is 37.2 Å². The number of nitrogens with zero attached hydrogens (tertiary/aromatic N) is 1. The number of sulfone groups is 1. The Hall–Kier alpha value is -1.39. The third kappa shape index (κ3) is 3.63. The normalized spacial score (nSPS) is 15.3. The molecule has 21 heavy (non-hydrogen) atoms. The van der Waals surface area contributed by atoms with E-state index in [1.807, 2.05) is 26.1 Å². The van der Waals surface area contributed by atoms with Crippen molar-refractivity contribution in [3.63, 3.8) is 0 Å². The maximum absolute atomic E-state index is 11.7. The van der Waals surface area contributed by atoms with Crippen LogP contribution < -0.4 is 0 Å². The summed E-state index contributed by atoms with van der Waals surface area (Å²) in [6, 6.07) is 14.5. The summed E-state index contributed by atoms with van der Waals surface area (Å²) in [4.78, 5) is 2.10. The molecule has 2 atom stereocenters. The molecule has 2 aromatic carbocycles. The van der Waals surface area contributed by atoms with Crippen LogP contribution in [0.3, 0.4) is 0 Å². The fourth-order valence-corrected chi connectivity index (χ4v) is 3.48. The van der Waals surface area contributed by atoms with Gasteiger partial charge in [-0.3, -0.25) is 4.90 Å². The van der Waals surface area contributed by atoms with Crippen molar-refractivity contribution in [1.29, 1.82) is 0 Å². The molecule has 0 aliphatic heterocycles. The molecule has 0 heterocycles. The first-order valence-electron chi connectivity index (χ1n) is 7.16. The van der Waals surface area contributed by atoms with Crippen molar-refractivity contribution in [3.05, 3.63) is 48.0 Å². The van der Waals surface area contributed by atoms with E-state index in [2.05, 4.69) is 35.2 Å². The van der Waals surface area contributed by atoms with E-state index >= 15 is 0 Å². The zero-order valence-electron chi connectivity index (χ0n) is 13.1. The van der Waals surface area contributed by atoms with Gasteiger partial charge < -0.3 is 0 Å². The maximum Gasteiger partial charge on any atom is 0.151 e. The van der Waals surface area contributed by atoms with Crippen LogP contribution in [0.2, 0.25) is 0 Å². The number of benzene rings is 2. The van der Waals surface area contributed by atoms with Gasteiger partial charge >= 0.3 is 0 Å². The summed E-state index contributed by atoms with van der Waals surface area (Å²) >= 11 is 0. The Morgan fingerprint density at radius 1 is 1.05 bits per heavy atom. The molecule has 0 N–H and O–H groups in total. The van der Waals surface area contributed by atoms with E-state index in [-0.39, 0.29) is 11.3 Å². The van der Waals surface area contributed by atoms with Gasteiger partial charge in [0.15, 0.2) is 9.84 Å². The number of hydrogen-bond donors (Lipinski definition) is 0. The van der Waals surface area contributed by atoms with Crippen molar-refractivity contribution < 1.29 is 8.42 Å². The van der Waals surface area contributed by atoms with Crippen LogP contribution in [0, 0.1) is 0 Å². The van der Waals surface area contributed by atoms with E-state index in [1.165, 1.54) is 22.6 Å². The fraction of sp³-hybridized carbons (Fsp3) is 0.412. The van der Waals surface area contributed by atoms with Crippen LogP contribution in [0.25, 0.3) is 10.8 Å². The lowest BCUT2D eigenvalue weighted by molar-refractivity contribution is 0.246. The van der Waals surface area contributed by atoms with Crippen LogP contribution in [-0.2, 0) is 16.4 Å². The van der Waals surface area contributed by atoms with Crippen LogP contribution in [0.15, 0.2) is 42.5 Å². The summed E-state index contributed by atoms with van der Waals surface area (Å²) in [5, 5.41) is 2.07. The molecule has 0 amide bonds. The minimum absolute atomic E-state index is 0.0287. The summed E-state index contributed by atoms with van der Waals surface area (Å²) < 4.78 is 23.4. The Kier molecular flexibility index (Phi) is 4.69. The minimum atomic E-state index is -3.02. The molecule has 0 saturated carbocycles. The molecule has 0 fully saturated rings. The van der Waals surface area contributed by atoms with Crippen molar-refractivity contribution in [2.75, 3.05) is 13.3 Å². The van der Waals surface area contributed by atoms with E-state index < -0.39 is 9.84 Å². The molecular weight excluding hydrogens is 282 g/mol. The molecule has 3 nitrogen and oxygen atoms in total. The molecule has 0 bridgehead atoms. The zero-order chi connectivity index (χ0) is 15.6. The van der Waals surface area contributed by atoms with Crippen molar-refractivity contribution in [1.82, 2.24) is 4.90 Å². The van der Waals surface area contributed by atoms with E-state index in [9.17, 15) is 8.42 Å². The lowest BCUT2D eigenvalue weighted by Crippen LogP contribution is -2.40. The first-order chi connectivity index (χ1) is 9.80. The van der Waals surface area contributed by atoms with Crippen molar-refractivity contribution in [2.24, 2.45) is 0 Å². The van der Waals surface area contributed by atoms with Crippen LogP contribution >= 0.6 is 0 Å². The van der Waals surface area contributed by atoms with Gasteiger partial charge in [-0.15, -0.1) is 0 Å². The van der Waals surface area contributed by atoms with Crippen LogP contribution in [0.5, 0.6) is 0 Å². The highest BCUT2D eigenvalue weighted by Crippen LogP contribution is 2.21. The highest BCUT2D eigenvalue weighted by molar-refractivity contribution is 7.91. The van der Waals surface area contributed by atoms with E-state index in [4.69, 9.17) is 0 Å². The highest BCUT2D eigenvalue weighted by atomic mass is 32.2. The second kappa shape index (κ2) is 6.16. The van der Waals surface area contributed by atoms with Gasteiger partial charge in [0.2, 0.25) is 0 Å². The smallest absolute Gasteiger partial charge is 0.151 e. The predicted octanol–water partition coefficient (Wildman–Crippen LogP) is 3.09. The minimum Gasteiger partial charge on any atom is -0.298 e. The third-order valence-electron chi connectivity index (χ3n) is 4.35. The topological polar surface area (TPSA) is 37.4 Å². The van der Waals surface area contributed by atoms with Gasteiger partial charge in [0.1, 0.15) is 0 Å². The molecule has 4 heteroatoms. The first kappa shape index (κ1) is 16.0. The van der Waals surface area contributed by atoms with Crippen LogP contribution in [0.4, 0.5) is 0 Å². The van der Waals surface area contributed by atoms with E-state index in [1.54, 1.807) is 6.92 Å². The Morgan fingerprint density at radius 2 is 1.67 bits per heavy atom. The number of fused-ring (bicyclic) bond motifs is 1. The molecule has 0 aromatic heterocycles. The Balaban J connectivity index is 2.24. The van der Waals surface area contributed by atoms with Gasteiger partial charge in [-0.25, -0.2) is 8.42 Å². The highest BCUT2D eigenvalue weighted by Gasteiger charge is 2.25. The van der Waals surface area contributed by atoms with Crippen molar-refractivity contribution in [3.8, 4) is 0 Å². The van der Waals surface area contributed by atoms with Crippen molar-refractivity contribution in [2.45, 2.75) is 31.7 Å². The largest absolute Gasteiger partial charge is 0.298 e. The Labute approximate surface area is 127 Å². The summed E-state index contributed by atoms with van der Waals surface area (Å²) in [5.41, 5.74) is 1.23. The molecular formula is C17H23NO2S. The molecule has 0 aliphatic carbocycles. The second-order valence-corrected chi connectivity index (χ2v) is 8.23. The third-order valence-corrected chi connectivity index (χ3v) is 6.09. The molecule has 0 spiro atoms. The summed E-state index contributed by atoms with van der Waals surface area (Å²) in [7, 11) is -1.04. The average molecular weight is 305 g/mol. The first-order valence-corrected chi connectivity index (χ1v) is 9.12. The molecule has 2 unspecified atom stereocenters. The van der Waals surface area contributed by atoms with Gasteiger partial charge in [0.05, 0.1) is 5.25 Å². The molecule has 0 aliphatic rings. The second-order valence-electron chi connectivity index (χ2n) is 5.83. The van der Waals surface area contributed by atoms with Crippen LogP contribution in [-0.4, -0.2) is 37.9 Å². The molecule has 0 saturated heterocycles. The van der Waals surface area contributed by atoms with Gasteiger partial charge in [0, 0.05) is 18.8 Å². The van der Waals surface area contributed by atoms with Gasteiger partial charge in [-0.2, -0.15) is 0 Å². The molecule has 0 radical (unpaired) electrons. The summed E-state index contributed by atoms with van der Waals surface area (Å²) in [6.45, 7) is 4.48. The fourth-order valence-electron chi connectivity index (χ4n) is 2.56. The lowest BCUT2D eigenvalue weighted by atomic mass is 10.0. The number of hydrogen-bond acceptors (Lipinski definition) is 3. The van der Waals surface area contributed by atoms with Crippen LogP contribution in [0.1, 0.15) is 19.4 Å². The van der Waals surface area contributed by atoms with Gasteiger partial charge in [-0.1, -0.05) is 42.5 Å². The monoisotopic (exact) mass is 305 g/mol. The SMILES string of the molecule is CC(C(C)S(C)(=O)=O)N(C)Cc1cccc2ccccc12. The Morgan fingerprint density at radius 3 is 2.33 bits per heavy atom. The van der Waals surface area contributed by atoms with Crippen molar-refractivity contribution >= 4 is 20.6 Å². The molecule has 2 aromatic rings. The summed E-state index contributed by atoms with van der Waals surface area (Å²) in [5.74, 6) is 0. The summed E-state index contributed by atoms with van der Waals surface area (Å²) in [6.07, 6.45) is 1.31. The predicted molar refractivity (Wildman–Crippen MR) is 89.2 cm³/mol. The molecule has 2 rings (SSSR count). The standard InChI is InChI=1S/C17H23NO2S/c1-13(14(2)21(4,19)20)18(3)12-16-10-7-9-15-8-5-6-11-17(15)16/h5-11,13-14H,12H2,1-4H3. The average Bonchev–Trinajstić information content (AvgIpc) is 2.45. The lowest BCUT2D eigenvalue weighted by Gasteiger charge is -2.29. The number of rotatable bonds is 5. The Bertz CT molecular complexity index is 719. The van der Waals surface area contributed by atoms with Gasteiger partial charge in [0.25, 0.3) is 0 Å². The quantitative estimate of drug-likeness (QED) is 0.852. The zero-order valence-corrected chi connectivity index (χ0v) is 13.9.